The minimum Gasteiger partial charge on any atom is -0.352 e. The van der Waals surface area contributed by atoms with Crippen LogP contribution in [0.25, 0.3) is 0 Å². The summed E-state index contributed by atoms with van der Waals surface area (Å²) in [6.45, 7) is 0.572. The van der Waals surface area contributed by atoms with Crippen LogP contribution in [0.3, 0.4) is 0 Å². The lowest BCUT2D eigenvalue weighted by Crippen LogP contribution is -2.22. The summed E-state index contributed by atoms with van der Waals surface area (Å²) >= 11 is 6.05. The molecule has 2 aromatic carbocycles. The second-order valence-corrected chi connectivity index (χ2v) is 4.76. The van der Waals surface area contributed by atoms with E-state index in [4.69, 9.17) is 11.6 Å². The van der Waals surface area contributed by atoms with Crippen LogP contribution in [0.1, 0.15) is 17.5 Å². The summed E-state index contributed by atoms with van der Waals surface area (Å²) in [6, 6.07) is 17.5. The van der Waals surface area contributed by atoms with Crippen LogP contribution < -0.4 is 5.32 Å². The third-order valence-electron chi connectivity index (χ3n) is 2.91. The standard InChI is InChI=1S/C16H16ClNO/c17-15-9-5-4-8-14(15)10-11-16(19)18-12-13-6-2-1-3-7-13/h1-9H,10-12H2,(H,18,19). The molecule has 1 amide bonds. The van der Waals surface area contributed by atoms with Gasteiger partial charge in [-0.25, -0.2) is 0 Å². The van der Waals surface area contributed by atoms with Gasteiger partial charge in [0, 0.05) is 18.0 Å². The van der Waals surface area contributed by atoms with E-state index >= 15 is 0 Å². The number of hydrogen-bond donors (Lipinski definition) is 1. The molecule has 0 fully saturated rings. The molecule has 2 nitrogen and oxygen atoms in total. The fraction of sp³-hybridized carbons (Fsp3) is 0.188. The van der Waals surface area contributed by atoms with Gasteiger partial charge in [-0.3, -0.25) is 4.79 Å². The van der Waals surface area contributed by atoms with Gasteiger partial charge >= 0.3 is 0 Å². The summed E-state index contributed by atoms with van der Waals surface area (Å²) in [5.41, 5.74) is 2.12. The Morgan fingerprint density at radius 3 is 2.42 bits per heavy atom. The lowest BCUT2D eigenvalue weighted by Gasteiger charge is -2.06. The zero-order chi connectivity index (χ0) is 13.5. The minimum absolute atomic E-state index is 0.0452. The number of rotatable bonds is 5. The Kier molecular flexibility index (Phi) is 4.99. The van der Waals surface area contributed by atoms with Gasteiger partial charge < -0.3 is 5.32 Å². The molecular formula is C16H16ClNO. The van der Waals surface area contributed by atoms with Gasteiger partial charge in [-0.1, -0.05) is 60.1 Å². The molecule has 2 rings (SSSR count). The number of carbonyl (C=O) groups is 1. The number of carbonyl (C=O) groups excluding carboxylic acids is 1. The van der Waals surface area contributed by atoms with Crippen molar-refractivity contribution in [3.05, 3.63) is 70.7 Å². The molecular weight excluding hydrogens is 258 g/mol. The highest BCUT2D eigenvalue weighted by atomic mass is 35.5. The van der Waals surface area contributed by atoms with Crippen LogP contribution in [0, 0.1) is 0 Å². The molecule has 2 aromatic rings. The zero-order valence-electron chi connectivity index (χ0n) is 10.6. The fourth-order valence-corrected chi connectivity index (χ4v) is 2.06. The van der Waals surface area contributed by atoms with Crippen LogP contribution in [-0.4, -0.2) is 5.91 Å². The zero-order valence-corrected chi connectivity index (χ0v) is 11.4. The van der Waals surface area contributed by atoms with E-state index in [-0.39, 0.29) is 5.91 Å². The molecule has 0 saturated carbocycles. The van der Waals surface area contributed by atoms with Gasteiger partial charge in [-0.05, 0) is 23.6 Å². The third-order valence-corrected chi connectivity index (χ3v) is 3.28. The first-order valence-corrected chi connectivity index (χ1v) is 6.67. The highest BCUT2D eigenvalue weighted by molar-refractivity contribution is 6.31. The van der Waals surface area contributed by atoms with Gasteiger partial charge in [0.2, 0.25) is 5.91 Å². The molecule has 0 spiro atoms. The average Bonchev–Trinajstić information content (AvgIpc) is 2.45. The van der Waals surface area contributed by atoms with Crippen LogP contribution in [0.15, 0.2) is 54.6 Å². The van der Waals surface area contributed by atoms with Crippen molar-refractivity contribution in [2.45, 2.75) is 19.4 Å². The number of amides is 1. The molecule has 0 heterocycles. The molecule has 98 valence electrons. The summed E-state index contributed by atoms with van der Waals surface area (Å²) < 4.78 is 0. The smallest absolute Gasteiger partial charge is 0.220 e. The summed E-state index contributed by atoms with van der Waals surface area (Å²) in [6.07, 6.45) is 1.12. The highest BCUT2D eigenvalue weighted by Crippen LogP contribution is 2.16. The fourth-order valence-electron chi connectivity index (χ4n) is 1.83. The minimum atomic E-state index is 0.0452. The molecule has 0 radical (unpaired) electrons. The largest absolute Gasteiger partial charge is 0.352 e. The molecule has 0 aromatic heterocycles. The number of hydrogen-bond acceptors (Lipinski definition) is 1. The molecule has 1 N–H and O–H groups in total. The van der Waals surface area contributed by atoms with Gasteiger partial charge in [0.25, 0.3) is 0 Å². The second-order valence-electron chi connectivity index (χ2n) is 4.35. The summed E-state index contributed by atoms with van der Waals surface area (Å²) in [4.78, 5) is 11.7. The van der Waals surface area contributed by atoms with Gasteiger partial charge in [0.1, 0.15) is 0 Å². The predicted octanol–water partition coefficient (Wildman–Crippen LogP) is 3.59. The van der Waals surface area contributed by atoms with E-state index in [2.05, 4.69) is 5.32 Å². The van der Waals surface area contributed by atoms with E-state index in [0.29, 0.717) is 19.4 Å². The first-order chi connectivity index (χ1) is 9.25. The SMILES string of the molecule is O=C(CCc1ccccc1Cl)NCc1ccccc1. The molecule has 0 aliphatic heterocycles. The van der Waals surface area contributed by atoms with Crippen molar-refractivity contribution in [3.8, 4) is 0 Å². The quantitative estimate of drug-likeness (QED) is 0.886. The van der Waals surface area contributed by atoms with Crippen molar-refractivity contribution < 1.29 is 4.79 Å². The molecule has 0 aliphatic carbocycles. The lowest BCUT2D eigenvalue weighted by atomic mass is 10.1. The van der Waals surface area contributed by atoms with Gasteiger partial charge in [0.05, 0.1) is 0 Å². The molecule has 0 atom stereocenters. The molecule has 0 aliphatic rings. The highest BCUT2D eigenvalue weighted by Gasteiger charge is 2.04. The topological polar surface area (TPSA) is 29.1 Å². The second kappa shape index (κ2) is 6.95. The maximum absolute atomic E-state index is 11.7. The van der Waals surface area contributed by atoms with Crippen LogP contribution in [0.2, 0.25) is 5.02 Å². The van der Waals surface area contributed by atoms with Crippen molar-refractivity contribution in [1.82, 2.24) is 5.32 Å². The molecule has 0 saturated heterocycles. The first-order valence-electron chi connectivity index (χ1n) is 6.30. The Morgan fingerprint density at radius 1 is 1.00 bits per heavy atom. The third kappa shape index (κ3) is 4.42. The van der Waals surface area contributed by atoms with Crippen LogP contribution in [0.4, 0.5) is 0 Å². The van der Waals surface area contributed by atoms with Gasteiger partial charge in [-0.2, -0.15) is 0 Å². The number of benzene rings is 2. The molecule has 3 heteroatoms. The summed E-state index contributed by atoms with van der Waals surface area (Å²) in [5, 5.41) is 3.63. The monoisotopic (exact) mass is 273 g/mol. The first kappa shape index (κ1) is 13.6. The molecule has 19 heavy (non-hydrogen) atoms. The van der Waals surface area contributed by atoms with Crippen molar-refractivity contribution in [3.63, 3.8) is 0 Å². The van der Waals surface area contributed by atoms with Crippen molar-refractivity contribution in [2.75, 3.05) is 0 Å². The van der Waals surface area contributed by atoms with E-state index in [1.54, 1.807) is 0 Å². The molecule has 0 bridgehead atoms. The van der Waals surface area contributed by atoms with Gasteiger partial charge in [-0.15, -0.1) is 0 Å². The maximum Gasteiger partial charge on any atom is 0.220 e. The van der Waals surface area contributed by atoms with Crippen LogP contribution in [0.5, 0.6) is 0 Å². The Labute approximate surface area is 118 Å². The van der Waals surface area contributed by atoms with Crippen LogP contribution >= 0.6 is 11.6 Å². The average molecular weight is 274 g/mol. The van der Waals surface area contributed by atoms with E-state index in [1.807, 2.05) is 54.6 Å². The Bertz CT molecular complexity index is 539. The van der Waals surface area contributed by atoms with Gasteiger partial charge in [0.15, 0.2) is 0 Å². The van der Waals surface area contributed by atoms with Crippen molar-refractivity contribution >= 4 is 17.5 Å². The number of aryl methyl sites for hydroxylation is 1. The summed E-state index contributed by atoms with van der Waals surface area (Å²) in [7, 11) is 0. The van der Waals surface area contributed by atoms with Crippen LogP contribution in [-0.2, 0) is 17.8 Å². The number of halogens is 1. The Balaban J connectivity index is 1.78. The van der Waals surface area contributed by atoms with Crippen molar-refractivity contribution in [1.29, 1.82) is 0 Å². The van der Waals surface area contributed by atoms with E-state index in [0.717, 1.165) is 16.1 Å². The van der Waals surface area contributed by atoms with Crippen molar-refractivity contribution in [2.24, 2.45) is 0 Å². The Morgan fingerprint density at radius 2 is 1.68 bits per heavy atom. The van der Waals surface area contributed by atoms with E-state index < -0.39 is 0 Å². The summed E-state index contributed by atoms with van der Waals surface area (Å²) in [5.74, 6) is 0.0452. The predicted molar refractivity (Wildman–Crippen MR) is 78.1 cm³/mol. The maximum atomic E-state index is 11.7. The number of nitrogens with one attached hydrogen (secondary N) is 1. The molecule has 0 unspecified atom stereocenters. The Hall–Kier alpha value is -1.80. The normalized spacial score (nSPS) is 10.2. The lowest BCUT2D eigenvalue weighted by molar-refractivity contribution is -0.121. The van der Waals surface area contributed by atoms with E-state index in [1.165, 1.54) is 0 Å². The van der Waals surface area contributed by atoms with E-state index in [9.17, 15) is 4.79 Å².